The molecular weight excluding hydrogens is 210 g/mol. The van der Waals surface area contributed by atoms with Crippen LogP contribution >= 0.6 is 0 Å². The molecule has 0 aliphatic carbocycles. The van der Waals surface area contributed by atoms with Gasteiger partial charge in [0.15, 0.2) is 0 Å². The van der Waals surface area contributed by atoms with Gasteiger partial charge in [0.2, 0.25) is 0 Å². The summed E-state index contributed by atoms with van der Waals surface area (Å²) in [6.07, 6.45) is 6.10. The van der Waals surface area contributed by atoms with Crippen LogP contribution < -0.4 is 5.11 Å². The first-order chi connectivity index (χ1) is 8.18. The maximum Gasteiger partial charge on any atom is 0.108 e. The van der Waals surface area contributed by atoms with E-state index in [0.29, 0.717) is 5.76 Å². The van der Waals surface area contributed by atoms with E-state index in [-0.39, 0.29) is 0 Å². The summed E-state index contributed by atoms with van der Waals surface area (Å²) in [6, 6.07) is 10.4. The lowest BCUT2D eigenvalue weighted by Gasteiger charge is -2.34. The smallest absolute Gasteiger partial charge is 0.108 e. The molecule has 0 aromatic heterocycles. The van der Waals surface area contributed by atoms with Crippen LogP contribution in [0.3, 0.4) is 0 Å². The summed E-state index contributed by atoms with van der Waals surface area (Å²) < 4.78 is 0.753. The zero-order chi connectivity index (χ0) is 12.1. The maximum atomic E-state index is 11.8. The summed E-state index contributed by atoms with van der Waals surface area (Å²) in [5.41, 5.74) is 1.31. The Bertz CT molecular complexity index is 385. The van der Waals surface area contributed by atoms with E-state index < -0.39 is 0 Å². The van der Waals surface area contributed by atoms with Crippen LogP contribution in [0.5, 0.6) is 0 Å². The molecule has 1 atom stereocenters. The lowest BCUT2D eigenvalue weighted by Crippen LogP contribution is -2.40. The molecule has 1 aliphatic rings. The molecule has 0 saturated heterocycles. The second-order valence-corrected chi connectivity index (χ2v) is 5.25. The number of benzene rings is 1. The molecule has 2 heteroatoms. The van der Waals surface area contributed by atoms with Gasteiger partial charge < -0.3 is 5.11 Å². The van der Waals surface area contributed by atoms with E-state index in [0.717, 1.165) is 30.4 Å². The number of allylic oxidation sites excluding steroid dienone is 1. The van der Waals surface area contributed by atoms with Crippen molar-refractivity contribution in [3.05, 3.63) is 47.9 Å². The van der Waals surface area contributed by atoms with Crippen molar-refractivity contribution >= 4 is 0 Å². The van der Waals surface area contributed by atoms with E-state index >= 15 is 0 Å². The van der Waals surface area contributed by atoms with Gasteiger partial charge in [-0.15, -0.1) is 0 Å². The van der Waals surface area contributed by atoms with Gasteiger partial charge in [-0.3, -0.25) is 4.48 Å². The van der Waals surface area contributed by atoms with Crippen molar-refractivity contribution in [2.75, 3.05) is 13.6 Å². The molecule has 0 spiro atoms. The average molecular weight is 231 g/mol. The van der Waals surface area contributed by atoms with E-state index in [1.54, 1.807) is 0 Å². The fourth-order valence-electron chi connectivity index (χ4n) is 2.55. The van der Waals surface area contributed by atoms with Gasteiger partial charge in [-0.2, -0.15) is 0 Å². The lowest BCUT2D eigenvalue weighted by molar-refractivity contribution is -0.875. The molecule has 2 rings (SSSR count). The molecule has 1 aliphatic heterocycles. The molecule has 2 nitrogen and oxygen atoms in total. The maximum absolute atomic E-state index is 11.8. The van der Waals surface area contributed by atoms with Crippen LogP contribution in [0.15, 0.2) is 42.3 Å². The van der Waals surface area contributed by atoms with Gasteiger partial charge >= 0.3 is 0 Å². The summed E-state index contributed by atoms with van der Waals surface area (Å²) in [5, 5.41) is 11.8. The fraction of sp³-hybridized carbons (Fsp3) is 0.467. The highest BCUT2D eigenvalue weighted by Crippen LogP contribution is 2.20. The highest BCUT2D eigenvalue weighted by Gasteiger charge is 2.20. The van der Waals surface area contributed by atoms with Gasteiger partial charge in [0, 0.05) is 5.56 Å². The summed E-state index contributed by atoms with van der Waals surface area (Å²) in [6.45, 7) is 1.99. The molecular formula is C15H21NO. The summed E-state index contributed by atoms with van der Waals surface area (Å²) in [7, 11) is 2.16. The van der Waals surface area contributed by atoms with Gasteiger partial charge in [0.25, 0.3) is 0 Å². The molecule has 1 aromatic rings. The van der Waals surface area contributed by atoms with Crippen LogP contribution in [0.25, 0.3) is 0 Å². The Morgan fingerprint density at radius 1 is 1.12 bits per heavy atom. The Kier molecular flexibility index (Phi) is 3.85. The molecule has 17 heavy (non-hydrogen) atoms. The topological polar surface area (TPSA) is 23.1 Å². The molecule has 0 bridgehead atoms. The Morgan fingerprint density at radius 3 is 2.65 bits per heavy atom. The van der Waals surface area contributed by atoms with Crippen LogP contribution in [0.2, 0.25) is 0 Å². The van der Waals surface area contributed by atoms with Crippen LogP contribution in [-0.2, 0) is 6.54 Å². The number of quaternary nitrogens is 1. The number of nitrogens with zero attached hydrogens (tertiary/aromatic N) is 1. The quantitative estimate of drug-likeness (QED) is 0.717. The summed E-state index contributed by atoms with van der Waals surface area (Å²) >= 11 is 0. The highest BCUT2D eigenvalue weighted by atomic mass is 16.3. The van der Waals surface area contributed by atoms with Crippen LogP contribution in [0.4, 0.5) is 0 Å². The van der Waals surface area contributed by atoms with Crippen molar-refractivity contribution in [3.63, 3.8) is 0 Å². The van der Waals surface area contributed by atoms with Crippen molar-refractivity contribution < 1.29 is 9.59 Å². The minimum absolute atomic E-state index is 0.308. The molecule has 0 radical (unpaired) electrons. The second kappa shape index (κ2) is 5.37. The van der Waals surface area contributed by atoms with Gasteiger partial charge in [0.05, 0.1) is 19.8 Å². The Hall–Kier alpha value is -1.28. The van der Waals surface area contributed by atoms with Gasteiger partial charge in [-0.05, 0) is 25.7 Å². The third-order valence-corrected chi connectivity index (χ3v) is 3.43. The summed E-state index contributed by atoms with van der Waals surface area (Å²) in [4.78, 5) is 0. The molecule has 0 N–H and O–H groups in total. The highest BCUT2D eigenvalue weighted by molar-refractivity contribution is 5.13. The molecule has 0 fully saturated rings. The minimum atomic E-state index is 0.308. The fourth-order valence-corrected chi connectivity index (χ4v) is 2.55. The van der Waals surface area contributed by atoms with Gasteiger partial charge in [-0.1, -0.05) is 36.1 Å². The molecule has 1 aromatic carbocycles. The van der Waals surface area contributed by atoms with Gasteiger partial charge in [0.1, 0.15) is 6.54 Å². The van der Waals surface area contributed by atoms with E-state index in [4.69, 9.17) is 0 Å². The van der Waals surface area contributed by atoms with Crippen molar-refractivity contribution in [1.82, 2.24) is 0 Å². The molecule has 0 saturated carbocycles. The first-order valence-corrected chi connectivity index (χ1v) is 6.45. The molecule has 92 valence electrons. The predicted octanol–water partition coefficient (Wildman–Crippen LogP) is 2.41. The zero-order valence-electron chi connectivity index (χ0n) is 10.6. The van der Waals surface area contributed by atoms with Crippen LogP contribution in [0, 0.1) is 0 Å². The number of rotatable bonds is 2. The van der Waals surface area contributed by atoms with E-state index in [1.165, 1.54) is 18.4 Å². The normalized spacial score (nSPS) is 28.9. The van der Waals surface area contributed by atoms with Crippen molar-refractivity contribution in [3.8, 4) is 0 Å². The van der Waals surface area contributed by atoms with Gasteiger partial charge in [-0.25, -0.2) is 0 Å². The monoisotopic (exact) mass is 231 g/mol. The van der Waals surface area contributed by atoms with E-state index in [2.05, 4.69) is 31.3 Å². The van der Waals surface area contributed by atoms with Crippen molar-refractivity contribution in [2.45, 2.75) is 32.2 Å². The Labute approximate surface area is 104 Å². The first-order valence-electron chi connectivity index (χ1n) is 6.45. The lowest BCUT2D eigenvalue weighted by atomic mass is 10.1. The largest absolute Gasteiger partial charge is 0.872 e. The number of hydrogen-bond acceptors (Lipinski definition) is 1. The zero-order valence-corrected chi connectivity index (χ0v) is 10.6. The average Bonchev–Trinajstić information content (AvgIpc) is 2.27. The Balaban J connectivity index is 2.15. The third kappa shape index (κ3) is 3.60. The van der Waals surface area contributed by atoms with Crippen molar-refractivity contribution in [1.29, 1.82) is 0 Å². The Morgan fingerprint density at radius 2 is 1.88 bits per heavy atom. The number of hydrogen-bond donors (Lipinski definition) is 0. The van der Waals surface area contributed by atoms with Crippen LogP contribution in [0.1, 0.15) is 31.2 Å². The first kappa shape index (κ1) is 12.2. The molecule has 0 amide bonds. The minimum Gasteiger partial charge on any atom is -0.872 e. The van der Waals surface area contributed by atoms with E-state index in [1.807, 2.05) is 12.3 Å². The second-order valence-electron chi connectivity index (χ2n) is 5.25. The van der Waals surface area contributed by atoms with E-state index in [9.17, 15) is 5.11 Å². The molecule has 1 unspecified atom stereocenters. The third-order valence-electron chi connectivity index (χ3n) is 3.43. The van der Waals surface area contributed by atoms with Crippen LogP contribution in [-0.4, -0.2) is 18.1 Å². The molecule has 1 heterocycles. The van der Waals surface area contributed by atoms with Crippen molar-refractivity contribution in [2.24, 2.45) is 0 Å². The summed E-state index contributed by atoms with van der Waals surface area (Å²) in [5.74, 6) is 0.308. The predicted molar refractivity (Wildman–Crippen MR) is 67.7 cm³/mol. The SMILES string of the molecule is C[N+]1(Cc2ccccc2)/C=C(/[O-])CCCCC1. The standard InChI is InChI=1S/C15H21NO/c1-16(12-14-8-4-2-5-9-14)11-7-3-6-10-15(17)13-16/h2,4-5,8-9,13H,3,6-7,10-12H2,1H3/b15-13+.